The van der Waals surface area contributed by atoms with Crippen LogP contribution in [0.25, 0.3) is 0 Å². The third kappa shape index (κ3) is 5.59. The van der Waals surface area contributed by atoms with Crippen molar-refractivity contribution >= 4 is 11.9 Å². The fraction of sp³-hybridized carbons (Fsp3) is 0.391. The number of urea groups is 1. The van der Waals surface area contributed by atoms with Gasteiger partial charge in [-0.1, -0.05) is 60.7 Å². The van der Waals surface area contributed by atoms with E-state index in [1.807, 2.05) is 53.4 Å². The van der Waals surface area contributed by atoms with Crippen molar-refractivity contribution in [3.63, 3.8) is 0 Å². The standard InChI is InChI=1S/C23H29N3O2/c1-25(16-17-26-15-9-8-14-22(26)27)23(28)24-21(20-12-6-3-7-13-20)18-19-10-4-2-5-11-19/h2-7,10-13,21H,8-9,14-18H2,1H3,(H,24,28)/t21-/m1/s1. The molecule has 1 heterocycles. The maximum Gasteiger partial charge on any atom is 0.317 e. The average Bonchev–Trinajstić information content (AvgIpc) is 2.74. The summed E-state index contributed by atoms with van der Waals surface area (Å²) in [7, 11) is 1.79. The Labute approximate surface area is 167 Å². The van der Waals surface area contributed by atoms with Crippen LogP contribution in [0.1, 0.15) is 36.4 Å². The van der Waals surface area contributed by atoms with E-state index < -0.39 is 0 Å². The van der Waals surface area contributed by atoms with Crippen LogP contribution in [0, 0.1) is 0 Å². The Bertz CT molecular complexity index is 764. The molecule has 1 fully saturated rings. The van der Waals surface area contributed by atoms with Gasteiger partial charge in [-0.3, -0.25) is 4.79 Å². The molecule has 0 spiro atoms. The monoisotopic (exact) mass is 379 g/mol. The van der Waals surface area contributed by atoms with Gasteiger partial charge in [-0.25, -0.2) is 4.79 Å². The van der Waals surface area contributed by atoms with Gasteiger partial charge in [0, 0.05) is 33.1 Å². The summed E-state index contributed by atoms with van der Waals surface area (Å²) in [4.78, 5) is 28.3. The Balaban J connectivity index is 1.60. The number of nitrogens with one attached hydrogen (secondary N) is 1. The Kier molecular flexibility index (Phi) is 7.06. The summed E-state index contributed by atoms with van der Waals surface area (Å²) >= 11 is 0. The van der Waals surface area contributed by atoms with Gasteiger partial charge in [-0.05, 0) is 30.4 Å². The van der Waals surface area contributed by atoms with Gasteiger partial charge in [0.05, 0.1) is 6.04 Å². The molecule has 3 amide bonds. The predicted octanol–water partition coefficient (Wildman–Crippen LogP) is 3.62. The van der Waals surface area contributed by atoms with Crippen LogP contribution in [0.3, 0.4) is 0 Å². The minimum Gasteiger partial charge on any atom is -0.341 e. The number of amides is 3. The molecular weight excluding hydrogens is 350 g/mol. The third-order valence-corrected chi connectivity index (χ3v) is 5.26. The van der Waals surface area contributed by atoms with Crippen molar-refractivity contribution in [3.05, 3.63) is 71.8 Å². The van der Waals surface area contributed by atoms with Gasteiger partial charge in [0.15, 0.2) is 0 Å². The summed E-state index contributed by atoms with van der Waals surface area (Å²) in [6.45, 7) is 1.93. The van der Waals surface area contributed by atoms with Crippen molar-refractivity contribution in [1.82, 2.24) is 15.1 Å². The van der Waals surface area contributed by atoms with E-state index in [0.717, 1.165) is 31.4 Å². The van der Waals surface area contributed by atoms with E-state index in [0.29, 0.717) is 19.5 Å². The summed E-state index contributed by atoms with van der Waals surface area (Å²) in [5.74, 6) is 0.200. The van der Waals surface area contributed by atoms with Gasteiger partial charge in [0.25, 0.3) is 0 Å². The number of benzene rings is 2. The van der Waals surface area contributed by atoms with E-state index in [9.17, 15) is 9.59 Å². The van der Waals surface area contributed by atoms with E-state index in [1.54, 1.807) is 11.9 Å². The van der Waals surface area contributed by atoms with Crippen molar-refractivity contribution < 1.29 is 9.59 Å². The number of carbonyl (C=O) groups is 2. The van der Waals surface area contributed by atoms with Crippen molar-refractivity contribution in [2.45, 2.75) is 31.7 Å². The topological polar surface area (TPSA) is 52.7 Å². The number of likely N-dealkylation sites (N-methyl/N-ethyl adjacent to an activating group) is 1. The van der Waals surface area contributed by atoms with E-state index >= 15 is 0 Å². The molecule has 2 aromatic rings. The molecule has 148 valence electrons. The maximum absolute atomic E-state index is 12.8. The van der Waals surface area contributed by atoms with E-state index in [-0.39, 0.29) is 18.0 Å². The quantitative estimate of drug-likeness (QED) is 0.799. The molecule has 0 radical (unpaired) electrons. The molecule has 1 N–H and O–H groups in total. The molecule has 0 aliphatic carbocycles. The number of hydrogen-bond acceptors (Lipinski definition) is 2. The third-order valence-electron chi connectivity index (χ3n) is 5.26. The second-order valence-corrected chi connectivity index (χ2v) is 7.36. The normalized spacial score (nSPS) is 15.2. The van der Waals surface area contributed by atoms with Gasteiger partial charge in [-0.2, -0.15) is 0 Å². The van der Waals surface area contributed by atoms with Crippen molar-refractivity contribution in [2.75, 3.05) is 26.7 Å². The molecule has 1 saturated heterocycles. The predicted molar refractivity (Wildman–Crippen MR) is 111 cm³/mol. The first-order valence-corrected chi connectivity index (χ1v) is 10.0. The van der Waals surface area contributed by atoms with Crippen molar-refractivity contribution in [2.24, 2.45) is 0 Å². The van der Waals surface area contributed by atoms with Gasteiger partial charge >= 0.3 is 6.03 Å². The molecule has 1 aliphatic rings. The van der Waals surface area contributed by atoms with Crippen LogP contribution in [0.15, 0.2) is 60.7 Å². The van der Waals surface area contributed by atoms with E-state index in [2.05, 4.69) is 17.4 Å². The summed E-state index contributed by atoms with van der Waals surface area (Å²) in [5, 5.41) is 3.16. The second-order valence-electron chi connectivity index (χ2n) is 7.36. The summed E-state index contributed by atoms with van der Waals surface area (Å²) in [6, 6.07) is 20.0. The number of hydrogen-bond donors (Lipinski definition) is 1. The molecule has 0 saturated carbocycles. The smallest absolute Gasteiger partial charge is 0.317 e. The zero-order valence-corrected chi connectivity index (χ0v) is 16.5. The Morgan fingerprint density at radius 2 is 1.75 bits per heavy atom. The fourth-order valence-electron chi connectivity index (χ4n) is 3.52. The summed E-state index contributed by atoms with van der Waals surface area (Å²) < 4.78 is 0. The molecule has 1 aliphatic heterocycles. The maximum atomic E-state index is 12.8. The number of rotatable bonds is 7. The highest BCUT2D eigenvalue weighted by Crippen LogP contribution is 2.19. The van der Waals surface area contributed by atoms with Crippen LogP contribution >= 0.6 is 0 Å². The first-order valence-electron chi connectivity index (χ1n) is 10.0. The van der Waals surface area contributed by atoms with Crippen LogP contribution < -0.4 is 5.32 Å². The van der Waals surface area contributed by atoms with Crippen LogP contribution in [0.5, 0.6) is 0 Å². The van der Waals surface area contributed by atoms with Gasteiger partial charge in [0.1, 0.15) is 0 Å². The molecule has 28 heavy (non-hydrogen) atoms. The molecule has 2 aromatic carbocycles. The lowest BCUT2D eigenvalue weighted by Gasteiger charge is -2.29. The molecule has 1 atom stereocenters. The van der Waals surface area contributed by atoms with Gasteiger partial charge in [0.2, 0.25) is 5.91 Å². The average molecular weight is 380 g/mol. The Morgan fingerprint density at radius 3 is 2.43 bits per heavy atom. The zero-order chi connectivity index (χ0) is 19.8. The largest absolute Gasteiger partial charge is 0.341 e. The number of likely N-dealkylation sites (tertiary alicyclic amines) is 1. The fourth-order valence-corrected chi connectivity index (χ4v) is 3.52. The molecular formula is C23H29N3O2. The van der Waals surface area contributed by atoms with Crippen LogP contribution in [0.4, 0.5) is 4.79 Å². The van der Waals surface area contributed by atoms with Crippen LogP contribution in [-0.4, -0.2) is 48.4 Å². The number of carbonyl (C=O) groups excluding carboxylic acids is 2. The van der Waals surface area contributed by atoms with Crippen LogP contribution in [-0.2, 0) is 11.2 Å². The van der Waals surface area contributed by atoms with Gasteiger partial charge < -0.3 is 15.1 Å². The van der Waals surface area contributed by atoms with Gasteiger partial charge in [-0.15, -0.1) is 0 Å². The lowest BCUT2D eigenvalue weighted by molar-refractivity contribution is -0.133. The minimum absolute atomic E-state index is 0.102. The van der Waals surface area contributed by atoms with Crippen molar-refractivity contribution in [3.8, 4) is 0 Å². The highest BCUT2D eigenvalue weighted by Gasteiger charge is 2.21. The first-order chi connectivity index (χ1) is 13.6. The van der Waals surface area contributed by atoms with Crippen LogP contribution in [0.2, 0.25) is 0 Å². The minimum atomic E-state index is -0.116. The Morgan fingerprint density at radius 1 is 1.07 bits per heavy atom. The van der Waals surface area contributed by atoms with Crippen molar-refractivity contribution in [1.29, 1.82) is 0 Å². The number of nitrogens with zero attached hydrogens (tertiary/aromatic N) is 2. The second kappa shape index (κ2) is 9.93. The molecule has 5 heteroatoms. The SMILES string of the molecule is CN(CCN1CCCCC1=O)C(=O)N[C@H](Cc1ccccc1)c1ccccc1. The highest BCUT2D eigenvalue weighted by atomic mass is 16.2. The van der Waals surface area contributed by atoms with E-state index in [1.165, 1.54) is 5.56 Å². The molecule has 0 bridgehead atoms. The summed E-state index contributed by atoms with van der Waals surface area (Å²) in [5.41, 5.74) is 2.26. The molecule has 0 unspecified atom stereocenters. The molecule has 0 aromatic heterocycles. The number of piperidine rings is 1. The Hall–Kier alpha value is -2.82. The van der Waals surface area contributed by atoms with E-state index in [4.69, 9.17) is 0 Å². The molecule has 5 nitrogen and oxygen atoms in total. The summed E-state index contributed by atoms with van der Waals surface area (Å²) in [6.07, 6.45) is 3.39. The highest BCUT2D eigenvalue weighted by molar-refractivity contribution is 5.77. The lowest BCUT2D eigenvalue weighted by atomic mass is 9.99. The first kappa shape index (κ1) is 19.9. The zero-order valence-electron chi connectivity index (χ0n) is 16.5. The molecule has 3 rings (SSSR count). The lowest BCUT2D eigenvalue weighted by Crippen LogP contribution is -2.45.